The van der Waals surface area contributed by atoms with Crippen molar-refractivity contribution in [2.24, 2.45) is 0 Å². The Bertz CT molecular complexity index is 671. The highest BCUT2D eigenvalue weighted by atomic mass is 32.2. The fourth-order valence-electron chi connectivity index (χ4n) is 2.08. The van der Waals surface area contributed by atoms with E-state index in [2.05, 4.69) is 0 Å². The molecule has 0 aliphatic heterocycles. The van der Waals surface area contributed by atoms with Gasteiger partial charge in [-0.3, -0.25) is 0 Å². The van der Waals surface area contributed by atoms with Crippen molar-refractivity contribution in [2.75, 3.05) is 14.2 Å². The summed E-state index contributed by atoms with van der Waals surface area (Å²) < 4.78 is 34.9. The average molecular weight is 306 g/mol. The highest BCUT2D eigenvalue weighted by molar-refractivity contribution is 7.89. The van der Waals surface area contributed by atoms with Crippen LogP contribution in [-0.2, 0) is 21.3 Å². The van der Waals surface area contributed by atoms with E-state index in [-0.39, 0.29) is 11.5 Å². The zero-order valence-electron chi connectivity index (χ0n) is 12.1. The fourth-order valence-corrected chi connectivity index (χ4v) is 3.56. The number of rotatable bonds is 6. The third-order valence-electron chi connectivity index (χ3n) is 3.03. The molecule has 0 N–H and O–H groups in total. The van der Waals surface area contributed by atoms with E-state index in [4.69, 9.17) is 9.47 Å². The molecule has 0 saturated heterocycles. The van der Waals surface area contributed by atoms with Crippen molar-refractivity contribution in [3.63, 3.8) is 0 Å². The predicted octanol–water partition coefficient (Wildman–Crippen LogP) is 2.82. The van der Waals surface area contributed by atoms with Gasteiger partial charge in [0.25, 0.3) is 0 Å². The first kappa shape index (κ1) is 15.4. The summed E-state index contributed by atoms with van der Waals surface area (Å²) in [6.45, 7) is 0. The molecule has 2 rings (SSSR count). The zero-order valence-corrected chi connectivity index (χ0v) is 12.9. The minimum atomic E-state index is -3.25. The van der Waals surface area contributed by atoms with Crippen LogP contribution in [-0.4, -0.2) is 22.6 Å². The van der Waals surface area contributed by atoms with E-state index in [1.54, 1.807) is 18.2 Å². The first-order chi connectivity index (χ1) is 10.0. The third-order valence-corrected chi connectivity index (χ3v) is 4.57. The number of sulfone groups is 1. The highest BCUT2D eigenvalue weighted by Gasteiger charge is 2.14. The van der Waals surface area contributed by atoms with Gasteiger partial charge in [0.05, 0.1) is 25.7 Å². The Morgan fingerprint density at radius 2 is 1.33 bits per heavy atom. The molecule has 0 aliphatic rings. The topological polar surface area (TPSA) is 52.6 Å². The van der Waals surface area contributed by atoms with Gasteiger partial charge in [0, 0.05) is 6.07 Å². The number of benzene rings is 2. The van der Waals surface area contributed by atoms with Gasteiger partial charge in [-0.25, -0.2) is 8.42 Å². The largest absolute Gasteiger partial charge is 0.497 e. The van der Waals surface area contributed by atoms with Crippen molar-refractivity contribution in [1.29, 1.82) is 0 Å². The van der Waals surface area contributed by atoms with E-state index in [9.17, 15) is 8.42 Å². The molecule has 0 spiro atoms. The summed E-state index contributed by atoms with van der Waals surface area (Å²) in [5, 5.41) is 0. The van der Waals surface area contributed by atoms with Crippen LogP contribution in [0.5, 0.6) is 11.5 Å². The van der Waals surface area contributed by atoms with Gasteiger partial charge < -0.3 is 9.47 Å². The quantitative estimate of drug-likeness (QED) is 0.823. The smallest absolute Gasteiger partial charge is 0.158 e. The van der Waals surface area contributed by atoms with Crippen molar-refractivity contribution >= 4 is 9.84 Å². The fraction of sp³-hybridized carbons (Fsp3) is 0.250. The van der Waals surface area contributed by atoms with E-state index in [1.807, 2.05) is 30.3 Å². The van der Waals surface area contributed by atoms with Crippen LogP contribution in [0.4, 0.5) is 0 Å². The van der Waals surface area contributed by atoms with Crippen molar-refractivity contribution < 1.29 is 17.9 Å². The van der Waals surface area contributed by atoms with Crippen LogP contribution in [0.25, 0.3) is 0 Å². The molecular formula is C16H18O4S. The Labute approximate surface area is 125 Å². The lowest BCUT2D eigenvalue weighted by Gasteiger charge is -2.09. The van der Waals surface area contributed by atoms with E-state index < -0.39 is 9.84 Å². The van der Waals surface area contributed by atoms with E-state index >= 15 is 0 Å². The minimum Gasteiger partial charge on any atom is -0.497 e. The molecule has 0 radical (unpaired) electrons. The van der Waals surface area contributed by atoms with E-state index in [0.29, 0.717) is 17.1 Å². The minimum absolute atomic E-state index is 0.0212. The van der Waals surface area contributed by atoms with Gasteiger partial charge in [-0.05, 0) is 23.3 Å². The van der Waals surface area contributed by atoms with E-state index in [1.165, 1.54) is 14.2 Å². The standard InChI is InChI=1S/C16H18O4S/c1-19-15-8-14(9-16(10-15)20-2)12-21(17,18)11-13-6-4-3-5-7-13/h3-10H,11-12H2,1-2H3. The van der Waals surface area contributed by atoms with Gasteiger partial charge in [-0.15, -0.1) is 0 Å². The molecule has 2 aromatic rings. The summed E-state index contributed by atoms with van der Waals surface area (Å²) >= 11 is 0. The molecule has 0 aromatic heterocycles. The lowest BCUT2D eigenvalue weighted by molar-refractivity contribution is 0.393. The van der Waals surface area contributed by atoms with Crippen LogP contribution in [0.3, 0.4) is 0 Å². The maximum absolute atomic E-state index is 12.3. The maximum atomic E-state index is 12.3. The first-order valence-electron chi connectivity index (χ1n) is 6.49. The van der Waals surface area contributed by atoms with Crippen molar-refractivity contribution in [2.45, 2.75) is 11.5 Å². The molecule has 0 saturated carbocycles. The molecule has 0 atom stereocenters. The summed E-state index contributed by atoms with van der Waals surface area (Å²) in [7, 11) is -0.171. The molecule has 0 bridgehead atoms. The maximum Gasteiger partial charge on any atom is 0.158 e. The summed E-state index contributed by atoms with van der Waals surface area (Å²) in [4.78, 5) is 0. The van der Waals surface area contributed by atoms with Gasteiger partial charge in [0.15, 0.2) is 9.84 Å². The molecule has 21 heavy (non-hydrogen) atoms. The van der Waals surface area contributed by atoms with Crippen LogP contribution in [0.15, 0.2) is 48.5 Å². The Morgan fingerprint density at radius 3 is 1.86 bits per heavy atom. The number of hydrogen-bond acceptors (Lipinski definition) is 4. The summed E-state index contributed by atoms with van der Waals surface area (Å²) in [6, 6.07) is 14.3. The van der Waals surface area contributed by atoms with Gasteiger partial charge in [-0.2, -0.15) is 0 Å². The Balaban J connectivity index is 2.20. The Hall–Kier alpha value is -2.01. The third kappa shape index (κ3) is 4.49. The Morgan fingerprint density at radius 1 is 0.810 bits per heavy atom. The summed E-state index contributed by atoms with van der Waals surface area (Å²) in [5.41, 5.74) is 1.44. The average Bonchev–Trinajstić information content (AvgIpc) is 2.46. The number of methoxy groups -OCH3 is 2. The normalized spacial score (nSPS) is 11.1. The SMILES string of the molecule is COc1cc(CS(=O)(=O)Cc2ccccc2)cc(OC)c1. The van der Waals surface area contributed by atoms with Crippen molar-refractivity contribution in [3.05, 3.63) is 59.7 Å². The molecule has 112 valence electrons. The molecule has 0 fully saturated rings. The van der Waals surface area contributed by atoms with Crippen LogP contribution < -0.4 is 9.47 Å². The van der Waals surface area contributed by atoms with Crippen LogP contribution in [0.2, 0.25) is 0 Å². The monoisotopic (exact) mass is 306 g/mol. The Kier molecular flexibility index (Phi) is 4.85. The molecule has 5 heteroatoms. The first-order valence-corrected chi connectivity index (χ1v) is 8.31. The van der Waals surface area contributed by atoms with E-state index in [0.717, 1.165) is 5.56 Å². The van der Waals surface area contributed by atoms with Gasteiger partial charge >= 0.3 is 0 Å². The lowest BCUT2D eigenvalue weighted by atomic mass is 10.2. The van der Waals surface area contributed by atoms with Gasteiger partial charge in [-0.1, -0.05) is 30.3 Å². The molecule has 0 unspecified atom stereocenters. The van der Waals surface area contributed by atoms with Gasteiger partial charge in [0.1, 0.15) is 11.5 Å². The van der Waals surface area contributed by atoms with Crippen LogP contribution >= 0.6 is 0 Å². The highest BCUT2D eigenvalue weighted by Crippen LogP contribution is 2.24. The predicted molar refractivity (Wildman–Crippen MR) is 82.3 cm³/mol. The molecule has 4 nitrogen and oxygen atoms in total. The second kappa shape index (κ2) is 6.63. The summed E-state index contributed by atoms with van der Waals surface area (Å²) in [6.07, 6.45) is 0. The van der Waals surface area contributed by atoms with Crippen LogP contribution in [0.1, 0.15) is 11.1 Å². The van der Waals surface area contributed by atoms with Crippen molar-refractivity contribution in [3.8, 4) is 11.5 Å². The number of hydrogen-bond donors (Lipinski definition) is 0. The van der Waals surface area contributed by atoms with Gasteiger partial charge in [0.2, 0.25) is 0 Å². The second-order valence-corrected chi connectivity index (χ2v) is 6.80. The molecular weight excluding hydrogens is 288 g/mol. The molecule has 0 aliphatic carbocycles. The molecule has 2 aromatic carbocycles. The lowest BCUT2D eigenvalue weighted by Crippen LogP contribution is -2.08. The zero-order chi connectivity index (χ0) is 15.3. The molecule has 0 heterocycles. The van der Waals surface area contributed by atoms with Crippen molar-refractivity contribution in [1.82, 2.24) is 0 Å². The summed E-state index contributed by atoms with van der Waals surface area (Å²) in [5.74, 6) is 1.14. The number of ether oxygens (including phenoxy) is 2. The molecule has 0 amide bonds. The van der Waals surface area contributed by atoms with Crippen LogP contribution in [0, 0.1) is 0 Å². The second-order valence-electron chi connectivity index (χ2n) is 4.74.